The summed E-state index contributed by atoms with van der Waals surface area (Å²) in [5.41, 5.74) is 0.440. The molecular weight excluding hydrogens is 288 g/mol. The number of thioether (sulfide) groups is 1. The van der Waals surface area contributed by atoms with Gasteiger partial charge in [-0.1, -0.05) is 23.7 Å². The zero-order valence-electron chi connectivity index (χ0n) is 10.4. The molecule has 1 atom stereocenters. The number of carbonyl (C=O) groups excluding carboxylic acids is 1. The fourth-order valence-electron chi connectivity index (χ4n) is 1.37. The van der Waals surface area contributed by atoms with E-state index in [1.165, 1.54) is 11.8 Å². The molecule has 1 aromatic carbocycles. The van der Waals surface area contributed by atoms with E-state index in [-0.39, 0.29) is 0 Å². The molecule has 1 rings (SSSR count). The van der Waals surface area contributed by atoms with Gasteiger partial charge in [0.2, 0.25) is 0 Å². The molecule has 0 aliphatic carbocycles. The highest BCUT2D eigenvalue weighted by Crippen LogP contribution is 2.20. The summed E-state index contributed by atoms with van der Waals surface area (Å²) in [5.74, 6) is -0.396. The lowest BCUT2D eigenvalue weighted by atomic mass is 10.2. The van der Waals surface area contributed by atoms with E-state index in [1.807, 2.05) is 6.26 Å². The number of amides is 2. The Morgan fingerprint density at radius 3 is 2.68 bits per heavy atom. The highest BCUT2D eigenvalue weighted by atomic mass is 35.5. The molecule has 0 heterocycles. The van der Waals surface area contributed by atoms with Gasteiger partial charge in [0.15, 0.2) is 0 Å². The number of aliphatic carboxylic acids is 1. The van der Waals surface area contributed by atoms with E-state index in [4.69, 9.17) is 16.7 Å². The number of anilines is 1. The monoisotopic (exact) mass is 302 g/mol. The van der Waals surface area contributed by atoms with Crippen molar-refractivity contribution in [2.45, 2.75) is 12.5 Å². The second-order valence-electron chi connectivity index (χ2n) is 3.75. The lowest BCUT2D eigenvalue weighted by Crippen LogP contribution is -2.43. The second-order valence-corrected chi connectivity index (χ2v) is 5.14. The summed E-state index contributed by atoms with van der Waals surface area (Å²) in [4.78, 5) is 22.7. The Labute approximate surface area is 120 Å². The van der Waals surface area contributed by atoms with Gasteiger partial charge in [-0.3, -0.25) is 0 Å². The van der Waals surface area contributed by atoms with Crippen molar-refractivity contribution < 1.29 is 14.7 Å². The van der Waals surface area contributed by atoms with Crippen LogP contribution < -0.4 is 10.6 Å². The smallest absolute Gasteiger partial charge is 0.326 e. The van der Waals surface area contributed by atoms with Gasteiger partial charge in [-0.25, -0.2) is 9.59 Å². The van der Waals surface area contributed by atoms with Crippen LogP contribution in [0.1, 0.15) is 6.42 Å². The first-order valence-corrected chi connectivity index (χ1v) is 7.35. The predicted octanol–water partition coefficient (Wildman–Crippen LogP) is 2.67. The molecule has 1 aromatic rings. The minimum absolute atomic E-state index is 0.368. The van der Waals surface area contributed by atoms with E-state index < -0.39 is 18.0 Å². The highest BCUT2D eigenvalue weighted by molar-refractivity contribution is 7.98. The zero-order valence-corrected chi connectivity index (χ0v) is 11.9. The van der Waals surface area contributed by atoms with Crippen molar-refractivity contribution in [1.82, 2.24) is 5.32 Å². The molecule has 0 aliphatic heterocycles. The Kier molecular flexibility index (Phi) is 6.52. The number of halogens is 1. The SMILES string of the molecule is CSCC[C@@H](NC(=O)Nc1ccccc1Cl)C(=O)O. The van der Waals surface area contributed by atoms with E-state index in [0.717, 1.165) is 0 Å². The molecule has 19 heavy (non-hydrogen) atoms. The van der Waals surface area contributed by atoms with Crippen LogP contribution in [0.5, 0.6) is 0 Å². The zero-order chi connectivity index (χ0) is 14.3. The van der Waals surface area contributed by atoms with Gasteiger partial charge in [-0.2, -0.15) is 11.8 Å². The molecule has 104 valence electrons. The summed E-state index contributed by atoms with van der Waals surface area (Å²) < 4.78 is 0. The molecule has 0 spiro atoms. The Morgan fingerprint density at radius 2 is 2.11 bits per heavy atom. The number of nitrogens with one attached hydrogen (secondary N) is 2. The van der Waals surface area contributed by atoms with Crippen molar-refractivity contribution in [3.8, 4) is 0 Å². The molecule has 0 bridgehead atoms. The van der Waals surface area contributed by atoms with Crippen molar-refractivity contribution in [1.29, 1.82) is 0 Å². The van der Waals surface area contributed by atoms with Gasteiger partial charge in [-0.05, 0) is 30.6 Å². The number of urea groups is 1. The number of carboxylic acids is 1. The van der Waals surface area contributed by atoms with E-state index >= 15 is 0 Å². The lowest BCUT2D eigenvalue weighted by Gasteiger charge is -2.15. The summed E-state index contributed by atoms with van der Waals surface area (Å²) in [5, 5.41) is 14.3. The van der Waals surface area contributed by atoms with Crippen LogP contribution >= 0.6 is 23.4 Å². The van der Waals surface area contributed by atoms with Crippen LogP contribution in [0.3, 0.4) is 0 Å². The Hall–Kier alpha value is -1.40. The first kappa shape index (κ1) is 15.7. The number of benzene rings is 1. The minimum atomic E-state index is -1.05. The maximum absolute atomic E-state index is 11.7. The first-order chi connectivity index (χ1) is 9.04. The summed E-state index contributed by atoms with van der Waals surface area (Å²) in [7, 11) is 0. The van der Waals surface area contributed by atoms with Crippen LogP contribution in [0, 0.1) is 0 Å². The van der Waals surface area contributed by atoms with Crippen LogP contribution in [0.25, 0.3) is 0 Å². The van der Waals surface area contributed by atoms with Gasteiger partial charge >= 0.3 is 12.0 Å². The third-order valence-corrected chi connectivity index (χ3v) is 3.31. The van der Waals surface area contributed by atoms with Crippen LogP contribution in [0.4, 0.5) is 10.5 Å². The van der Waals surface area contributed by atoms with Crippen molar-refractivity contribution in [2.75, 3.05) is 17.3 Å². The van der Waals surface area contributed by atoms with Gasteiger partial charge in [0, 0.05) is 0 Å². The van der Waals surface area contributed by atoms with Gasteiger partial charge < -0.3 is 15.7 Å². The van der Waals surface area contributed by atoms with Crippen LogP contribution in [0.15, 0.2) is 24.3 Å². The van der Waals surface area contributed by atoms with Crippen LogP contribution in [-0.4, -0.2) is 35.2 Å². The molecule has 0 saturated heterocycles. The molecular formula is C12H15ClN2O3S. The summed E-state index contributed by atoms with van der Waals surface area (Å²) >= 11 is 7.41. The first-order valence-electron chi connectivity index (χ1n) is 5.58. The molecule has 0 saturated carbocycles. The average molecular weight is 303 g/mol. The molecule has 5 nitrogen and oxygen atoms in total. The molecule has 0 fully saturated rings. The van der Waals surface area contributed by atoms with Crippen molar-refractivity contribution in [3.05, 3.63) is 29.3 Å². The van der Waals surface area contributed by atoms with Gasteiger partial charge in [0.1, 0.15) is 6.04 Å². The maximum atomic E-state index is 11.7. The number of carboxylic acid groups (broad SMARTS) is 1. The molecule has 2 amide bonds. The Balaban J connectivity index is 2.58. The van der Waals surface area contributed by atoms with E-state index in [2.05, 4.69) is 10.6 Å². The van der Waals surface area contributed by atoms with Crippen molar-refractivity contribution >= 4 is 41.1 Å². The molecule has 0 unspecified atom stereocenters. The highest BCUT2D eigenvalue weighted by Gasteiger charge is 2.19. The van der Waals surface area contributed by atoms with Gasteiger partial charge in [0.25, 0.3) is 0 Å². The average Bonchev–Trinajstić information content (AvgIpc) is 2.37. The van der Waals surface area contributed by atoms with Crippen LogP contribution in [-0.2, 0) is 4.79 Å². The normalized spacial score (nSPS) is 11.7. The quantitative estimate of drug-likeness (QED) is 0.755. The lowest BCUT2D eigenvalue weighted by molar-refractivity contribution is -0.139. The van der Waals surface area contributed by atoms with Gasteiger partial charge in [0.05, 0.1) is 10.7 Å². The largest absolute Gasteiger partial charge is 0.480 e. The topological polar surface area (TPSA) is 78.4 Å². The third-order valence-electron chi connectivity index (χ3n) is 2.34. The number of hydrogen-bond acceptors (Lipinski definition) is 3. The molecule has 3 N–H and O–H groups in total. The summed E-state index contributed by atoms with van der Waals surface area (Å²) in [6.45, 7) is 0. The number of hydrogen-bond donors (Lipinski definition) is 3. The maximum Gasteiger partial charge on any atom is 0.326 e. The third kappa shape index (κ3) is 5.40. The number of para-hydroxylation sites is 1. The molecule has 0 radical (unpaired) electrons. The molecule has 0 aliphatic rings. The molecule has 7 heteroatoms. The Morgan fingerprint density at radius 1 is 1.42 bits per heavy atom. The minimum Gasteiger partial charge on any atom is -0.480 e. The van der Waals surface area contributed by atoms with E-state index in [9.17, 15) is 9.59 Å². The van der Waals surface area contributed by atoms with Crippen molar-refractivity contribution in [2.24, 2.45) is 0 Å². The summed E-state index contributed by atoms with van der Waals surface area (Å²) in [6, 6.07) is 5.25. The van der Waals surface area contributed by atoms with Crippen LogP contribution in [0.2, 0.25) is 5.02 Å². The fourth-order valence-corrected chi connectivity index (χ4v) is 2.03. The number of carbonyl (C=O) groups is 2. The van der Waals surface area contributed by atoms with E-state index in [0.29, 0.717) is 22.9 Å². The number of rotatable bonds is 6. The predicted molar refractivity (Wildman–Crippen MR) is 78.0 cm³/mol. The Bertz CT molecular complexity index is 456. The summed E-state index contributed by atoms with van der Waals surface area (Å²) in [6.07, 6.45) is 2.25. The standard InChI is InChI=1S/C12H15ClN2O3S/c1-19-7-6-10(11(16)17)15-12(18)14-9-5-3-2-4-8(9)13/h2-5,10H,6-7H2,1H3,(H,16,17)(H2,14,15,18)/t10-/m1/s1. The fraction of sp³-hybridized carbons (Fsp3) is 0.333. The second kappa shape index (κ2) is 7.91. The molecule has 0 aromatic heterocycles. The van der Waals surface area contributed by atoms with Crippen molar-refractivity contribution in [3.63, 3.8) is 0 Å². The van der Waals surface area contributed by atoms with E-state index in [1.54, 1.807) is 24.3 Å². The van der Waals surface area contributed by atoms with Gasteiger partial charge in [-0.15, -0.1) is 0 Å².